The molecule has 0 bridgehead atoms. The molecule has 0 aromatic heterocycles. The molecule has 0 saturated carbocycles. The Morgan fingerprint density at radius 1 is 0.889 bits per heavy atom. The average Bonchev–Trinajstić information content (AvgIpc) is 2.98. The minimum atomic E-state index is -0.241. The summed E-state index contributed by atoms with van der Waals surface area (Å²) in [5, 5.41) is 3.44. The Morgan fingerprint density at radius 2 is 1.56 bits per heavy atom. The normalized spacial score (nSPS) is 16.4. The Kier molecular flexibility index (Phi) is 6.53. The summed E-state index contributed by atoms with van der Waals surface area (Å²) in [4.78, 5) is 2.40. The van der Waals surface area contributed by atoms with Crippen molar-refractivity contribution < 1.29 is 18.6 Å². The van der Waals surface area contributed by atoms with Crippen LogP contribution in [0.1, 0.15) is 23.6 Å². The first-order valence-corrected chi connectivity index (χ1v) is 9.18. The van der Waals surface area contributed by atoms with Crippen LogP contribution in [0.15, 0.2) is 36.4 Å². The van der Waals surface area contributed by atoms with Gasteiger partial charge in [0.2, 0.25) is 0 Å². The van der Waals surface area contributed by atoms with Crippen LogP contribution in [0.5, 0.6) is 17.2 Å². The largest absolute Gasteiger partial charge is 0.496 e. The van der Waals surface area contributed by atoms with E-state index in [1.54, 1.807) is 21.3 Å². The van der Waals surface area contributed by atoms with Crippen molar-refractivity contribution in [1.29, 1.82) is 0 Å². The van der Waals surface area contributed by atoms with Gasteiger partial charge in [-0.25, -0.2) is 4.39 Å². The third kappa shape index (κ3) is 4.34. The molecule has 1 fully saturated rings. The van der Waals surface area contributed by atoms with Crippen molar-refractivity contribution in [2.24, 2.45) is 0 Å². The summed E-state index contributed by atoms with van der Waals surface area (Å²) < 4.78 is 30.2. The lowest BCUT2D eigenvalue weighted by atomic mass is 9.95. The molecule has 146 valence electrons. The Balaban J connectivity index is 2.12. The van der Waals surface area contributed by atoms with Crippen molar-refractivity contribution >= 4 is 0 Å². The molecule has 1 unspecified atom stereocenters. The molecule has 1 saturated heterocycles. The van der Waals surface area contributed by atoms with E-state index in [-0.39, 0.29) is 11.9 Å². The highest BCUT2D eigenvalue weighted by atomic mass is 19.1. The van der Waals surface area contributed by atoms with Gasteiger partial charge in [-0.05, 0) is 36.7 Å². The molecule has 3 rings (SSSR count). The summed E-state index contributed by atoms with van der Waals surface area (Å²) >= 11 is 0. The van der Waals surface area contributed by atoms with Crippen molar-refractivity contribution in [2.75, 3.05) is 47.5 Å². The van der Waals surface area contributed by atoms with Crippen LogP contribution < -0.4 is 19.5 Å². The maximum absolute atomic E-state index is 13.5. The zero-order valence-electron chi connectivity index (χ0n) is 16.1. The lowest BCUT2D eigenvalue weighted by Gasteiger charge is -2.32. The quantitative estimate of drug-likeness (QED) is 0.841. The van der Waals surface area contributed by atoms with Crippen LogP contribution in [0, 0.1) is 5.82 Å². The number of benzene rings is 2. The molecule has 0 amide bonds. The molecule has 2 aromatic carbocycles. The molecule has 6 heteroatoms. The number of nitrogens with zero attached hydrogens (tertiary/aromatic N) is 1. The van der Waals surface area contributed by atoms with E-state index in [0.29, 0.717) is 11.5 Å². The van der Waals surface area contributed by atoms with Gasteiger partial charge in [0, 0.05) is 31.3 Å². The number of hydrogen-bond donors (Lipinski definition) is 1. The summed E-state index contributed by atoms with van der Waals surface area (Å²) in [5.41, 5.74) is 1.99. The molecule has 27 heavy (non-hydrogen) atoms. The van der Waals surface area contributed by atoms with Gasteiger partial charge in [-0.2, -0.15) is 0 Å². The standard InChI is InChI=1S/C21H27FN2O3/c1-25-18-14-20(27-3)19(26-2)13-17(18)21(15-5-7-16(22)8-6-15)24-11-4-9-23-10-12-24/h5-8,13-14,21,23H,4,9-12H2,1-3H3. The predicted molar refractivity (Wildman–Crippen MR) is 103 cm³/mol. The van der Waals surface area contributed by atoms with E-state index in [1.807, 2.05) is 24.3 Å². The Morgan fingerprint density at radius 3 is 2.22 bits per heavy atom. The van der Waals surface area contributed by atoms with Crippen molar-refractivity contribution in [3.8, 4) is 17.2 Å². The topological polar surface area (TPSA) is 43.0 Å². The van der Waals surface area contributed by atoms with Gasteiger partial charge in [0.15, 0.2) is 11.5 Å². The molecule has 1 N–H and O–H groups in total. The maximum Gasteiger partial charge on any atom is 0.164 e. The highest BCUT2D eigenvalue weighted by molar-refractivity contribution is 5.53. The number of halogens is 1. The molecule has 5 nitrogen and oxygen atoms in total. The van der Waals surface area contributed by atoms with Crippen molar-refractivity contribution in [1.82, 2.24) is 10.2 Å². The second-order valence-electron chi connectivity index (χ2n) is 6.54. The van der Waals surface area contributed by atoms with Gasteiger partial charge in [-0.15, -0.1) is 0 Å². The van der Waals surface area contributed by atoms with Gasteiger partial charge < -0.3 is 19.5 Å². The van der Waals surface area contributed by atoms with Crippen LogP contribution in [0.3, 0.4) is 0 Å². The summed E-state index contributed by atoms with van der Waals surface area (Å²) in [6.07, 6.45) is 1.05. The first kappa shape index (κ1) is 19.5. The van der Waals surface area contributed by atoms with E-state index in [4.69, 9.17) is 14.2 Å². The van der Waals surface area contributed by atoms with E-state index in [9.17, 15) is 4.39 Å². The van der Waals surface area contributed by atoms with Gasteiger partial charge in [0.05, 0.1) is 27.4 Å². The molecule has 1 aliphatic heterocycles. The highest BCUT2D eigenvalue weighted by Crippen LogP contribution is 2.41. The Bertz CT molecular complexity index is 744. The zero-order valence-corrected chi connectivity index (χ0v) is 16.1. The molecule has 0 spiro atoms. The van der Waals surface area contributed by atoms with Gasteiger partial charge in [-0.3, -0.25) is 4.90 Å². The first-order valence-electron chi connectivity index (χ1n) is 9.18. The molecule has 0 radical (unpaired) electrons. The molecule has 2 aromatic rings. The van der Waals surface area contributed by atoms with Crippen LogP contribution in [-0.2, 0) is 0 Å². The van der Waals surface area contributed by atoms with E-state index in [2.05, 4.69) is 10.2 Å². The number of ether oxygens (including phenoxy) is 3. The average molecular weight is 374 g/mol. The molecule has 0 aliphatic carbocycles. The number of nitrogens with one attached hydrogen (secondary N) is 1. The zero-order chi connectivity index (χ0) is 19.2. The van der Waals surface area contributed by atoms with Crippen LogP contribution in [0.2, 0.25) is 0 Å². The molecule has 1 aliphatic rings. The monoisotopic (exact) mass is 374 g/mol. The fraction of sp³-hybridized carbons (Fsp3) is 0.429. The van der Waals surface area contributed by atoms with Crippen molar-refractivity contribution in [3.05, 3.63) is 53.3 Å². The van der Waals surface area contributed by atoms with E-state index >= 15 is 0 Å². The maximum atomic E-state index is 13.5. The molecule has 1 atom stereocenters. The van der Waals surface area contributed by atoms with Gasteiger partial charge in [0.25, 0.3) is 0 Å². The number of methoxy groups -OCH3 is 3. The second kappa shape index (κ2) is 9.06. The second-order valence-corrected chi connectivity index (χ2v) is 6.54. The number of rotatable bonds is 6. The van der Waals surface area contributed by atoms with Crippen LogP contribution in [0.4, 0.5) is 4.39 Å². The summed E-state index contributed by atoms with van der Waals surface area (Å²) in [6, 6.07) is 10.4. The predicted octanol–water partition coefficient (Wildman–Crippen LogP) is 3.24. The highest BCUT2D eigenvalue weighted by Gasteiger charge is 2.27. The minimum absolute atomic E-state index is 0.0692. The summed E-state index contributed by atoms with van der Waals surface area (Å²) in [5.74, 6) is 1.75. The first-order chi connectivity index (χ1) is 13.2. The fourth-order valence-corrected chi connectivity index (χ4v) is 3.62. The SMILES string of the molecule is COc1cc(OC)c(C(c2ccc(F)cc2)N2CCCNCC2)cc1OC. The Labute approximate surface area is 160 Å². The third-order valence-corrected chi connectivity index (χ3v) is 4.96. The smallest absolute Gasteiger partial charge is 0.164 e. The lowest BCUT2D eigenvalue weighted by molar-refractivity contribution is 0.235. The van der Waals surface area contributed by atoms with Gasteiger partial charge >= 0.3 is 0 Å². The summed E-state index contributed by atoms with van der Waals surface area (Å²) in [6.45, 7) is 3.73. The summed E-state index contributed by atoms with van der Waals surface area (Å²) in [7, 11) is 4.88. The van der Waals surface area contributed by atoms with Crippen LogP contribution in [-0.4, -0.2) is 52.4 Å². The minimum Gasteiger partial charge on any atom is -0.496 e. The molecular formula is C21H27FN2O3. The fourth-order valence-electron chi connectivity index (χ4n) is 3.62. The van der Waals surface area contributed by atoms with Gasteiger partial charge in [0.1, 0.15) is 11.6 Å². The number of hydrogen-bond acceptors (Lipinski definition) is 5. The van der Waals surface area contributed by atoms with E-state index in [1.165, 1.54) is 12.1 Å². The Hall–Kier alpha value is -2.31. The van der Waals surface area contributed by atoms with Crippen molar-refractivity contribution in [2.45, 2.75) is 12.5 Å². The molecular weight excluding hydrogens is 347 g/mol. The van der Waals surface area contributed by atoms with E-state index < -0.39 is 0 Å². The van der Waals surface area contributed by atoms with Crippen LogP contribution >= 0.6 is 0 Å². The van der Waals surface area contributed by atoms with Crippen LogP contribution in [0.25, 0.3) is 0 Å². The molecule has 1 heterocycles. The third-order valence-electron chi connectivity index (χ3n) is 4.96. The van der Waals surface area contributed by atoms with Crippen molar-refractivity contribution in [3.63, 3.8) is 0 Å². The van der Waals surface area contributed by atoms with E-state index in [0.717, 1.165) is 49.5 Å². The lowest BCUT2D eigenvalue weighted by Crippen LogP contribution is -2.33. The van der Waals surface area contributed by atoms with Gasteiger partial charge in [-0.1, -0.05) is 12.1 Å².